The van der Waals surface area contributed by atoms with Gasteiger partial charge in [-0.2, -0.15) is 0 Å². The molecule has 0 aromatic rings. The van der Waals surface area contributed by atoms with Gasteiger partial charge in [0, 0.05) is 6.42 Å². The van der Waals surface area contributed by atoms with E-state index in [2.05, 4.69) is 13.8 Å². The van der Waals surface area contributed by atoms with Crippen molar-refractivity contribution >= 4 is 13.8 Å². The molecule has 0 saturated carbocycles. The topological polar surface area (TPSA) is 91.3 Å². The summed E-state index contributed by atoms with van der Waals surface area (Å²) in [5.74, 6) is -0.339. The minimum Gasteiger partial charge on any atom is -0.498 e. The van der Waals surface area contributed by atoms with Crippen LogP contribution in [-0.2, 0) is 27.9 Å². The number of hydrogen-bond acceptors (Lipinski definition) is 6. The molecule has 0 aliphatic heterocycles. The van der Waals surface area contributed by atoms with Crippen LogP contribution in [0.2, 0.25) is 0 Å². The number of unbranched alkanes of at least 4 members (excludes halogenated alkanes) is 20. The maximum Gasteiger partial charge on any atom is 0.472 e. The molecule has 0 aromatic carbocycles. The Morgan fingerprint density at radius 1 is 0.689 bits per heavy atom. The van der Waals surface area contributed by atoms with Gasteiger partial charge in [-0.3, -0.25) is 13.8 Å². The van der Waals surface area contributed by atoms with Crippen LogP contribution in [0, 0.1) is 0 Å². The first-order valence-electron chi connectivity index (χ1n) is 18.5. The number of carbonyl (C=O) groups excluding carboxylic acids is 1. The lowest BCUT2D eigenvalue weighted by molar-refractivity contribution is -0.870. The van der Waals surface area contributed by atoms with Crippen molar-refractivity contribution in [2.24, 2.45) is 0 Å². The summed E-state index contributed by atoms with van der Waals surface area (Å²) < 4.78 is 34.5. The first-order valence-corrected chi connectivity index (χ1v) is 20.0. The van der Waals surface area contributed by atoms with Crippen LogP contribution in [0.15, 0.2) is 12.3 Å². The Labute approximate surface area is 278 Å². The van der Waals surface area contributed by atoms with Crippen LogP contribution >= 0.6 is 7.82 Å². The molecule has 0 aromatic heterocycles. The molecule has 0 radical (unpaired) electrons. The SMILES string of the molecule is CCCCCCCCCCCCCC/C=C/OC[C@H](COP(=O)(O)OCC[N+](C)(C)C)OC(=O)CCCCCCCCCCC. The fraction of sp³-hybridized carbons (Fsp3) is 0.917. The number of likely N-dealkylation sites (N-methyl/N-ethyl adjacent to an activating group) is 1. The van der Waals surface area contributed by atoms with E-state index in [1.165, 1.54) is 109 Å². The number of allylic oxidation sites excluding steroid dienone is 1. The normalized spacial score (nSPS) is 14.1. The molecule has 9 heteroatoms. The first-order chi connectivity index (χ1) is 21.6. The molecule has 0 saturated heterocycles. The van der Waals surface area contributed by atoms with E-state index >= 15 is 0 Å². The standard InChI is InChI=1S/C36H72NO7P/c1-6-8-10-12-14-16-17-18-19-20-22-24-26-28-31-41-33-35(34-43-45(39,40)42-32-30-37(3,4)5)44-36(38)29-27-25-23-21-15-13-11-9-7-2/h28,31,35H,6-27,29-30,32-34H2,1-5H3/p+1/b31-28+/t35-/m1/s1. The molecular weight excluding hydrogens is 589 g/mol. The van der Waals surface area contributed by atoms with Gasteiger partial charge >= 0.3 is 13.8 Å². The van der Waals surface area contributed by atoms with E-state index in [1.807, 2.05) is 27.2 Å². The van der Waals surface area contributed by atoms with Gasteiger partial charge in [0.1, 0.15) is 19.8 Å². The van der Waals surface area contributed by atoms with Gasteiger partial charge < -0.3 is 18.9 Å². The van der Waals surface area contributed by atoms with Crippen molar-refractivity contribution in [1.82, 2.24) is 0 Å². The minimum atomic E-state index is -4.27. The number of hydrogen-bond donors (Lipinski definition) is 1. The van der Waals surface area contributed by atoms with Crippen molar-refractivity contribution in [1.29, 1.82) is 0 Å². The first kappa shape index (κ1) is 44.1. The highest BCUT2D eigenvalue weighted by Crippen LogP contribution is 2.43. The van der Waals surface area contributed by atoms with E-state index in [4.69, 9.17) is 18.5 Å². The predicted octanol–water partition coefficient (Wildman–Crippen LogP) is 10.3. The third kappa shape index (κ3) is 34.2. The summed E-state index contributed by atoms with van der Waals surface area (Å²) in [6, 6.07) is 0. The lowest BCUT2D eigenvalue weighted by atomic mass is 10.0. The Hall–Kier alpha value is -0.920. The van der Waals surface area contributed by atoms with Gasteiger partial charge in [0.05, 0.1) is 34.0 Å². The largest absolute Gasteiger partial charge is 0.498 e. The minimum absolute atomic E-state index is 0.0529. The van der Waals surface area contributed by atoms with Gasteiger partial charge in [-0.1, -0.05) is 136 Å². The summed E-state index contributed by atoms with van der Waals surface area (Å²) in [6.07, 6.45) is 30.5. The smallest absolute Gasteiger partial charge is 0.472 e. The summed E-state index contributed by atoms with van der Waals surface area (Å²) in [7, 11) is 1.64. The number of esters is 1. The van der Waals surface area contributed by atoms with Gasteiger partial charge in [-0.15, -0.1) is 0 Å². The van der Waals surface area contributed by atoms with Gasteiger partial charge in [-0.05, 0) is 25.3 Å². The number of carbonyl (C=O) groups is 1. The van der Waals surface area contributed by atoms with E-state index in [9.17, 15) is 14.3 Å². The molecule has 0 spiro atoms. The van der Waals surface area contributed by atoms with Crippen LogP contribution in [0.4, 0.5) is 0 Å². The number of ether oxygens (including phenoxy) is 2. The van der Waals surface area contributed by atoms with Crippen LogP contribution in [0.1, 0.15) is 162 Å². The highest BCUT2D eigenvalue weighted by atomic mass is 31.2. The molecule has 0 amide bonds. The Morgan fingerprint density at radius 3 is 1.64 bits per heavy atom. The average molecular weight is 663 g/mol. The molecule has 1 N–H and O–H groups in total. The highest BCUT2D eigenvalue weighted by Gasteiger charge is 2.26. The molecule has 2 atom stereocenters. The number of nitrogens with zero attached hydrogens (tertiary/aromatic N) is 1. The Bertz CT molecular complexity index is 741. The lowest BCUT2D eigenvalue weighted by Crippen LogP contribution is -2.37. The van der Waals surface area contributed by atoms with E-state index in [0.717, 1.165) is 32.1 Å². The fourth-order valence-electron chi connectivity index (χ4n) is 4.99. The molecule has 0 aliphatic rings. The molecule has 268 valence electrons. The second kappa shape index (κ2) is 30.4. The Morgan fingerprint density at radius 2 is 1.16 bits per heavy atom. The van der Waals surface area contributed by atoms with Gasteiger partial charge in [0.2, 0.25) is 0 Å². The van der Waals surface area contributed by atoms with Crippen LogP contribution in [0.3, 0.4) is 0 Å². The molecule has 0 heterocycles. The van der Waals surface area contributed by atoms with Crippen molar-refractivity contribution in [3.05, 3.63) is 12.3 Å². The second-order valence-corrected chi connectivity index (χ2v) is 15.1. The number of phosphoric acid groups is 1. The zero-order chi connectivity index (χ0) is 33.5. The van der Waals surface area contributed by atoms with Crippen LogP contribution in [0.5, 0.6) is 0 Å². The average Bonchev–Trinajstić information content (AvgIpc) is 2.98. The predicted molar refractivity (Wildman–Crippen MR) is 187 cm³/mol. The molecule has 0 bridgehead atoms. The quantitative estimate of drug-likeness (QED) is 0.0241. The van der Waals surface area contributed by atoms with E-state index in [1.54, 1.807) is 6.26 Å². The fourth-order valence-corrected chi connectivity index (χ4v) is 5.73. The van der Waals surface area contributed by atoms with Crippen molar-refractivity contribution in [2.45, 2.75) is 168 Å². The third-order valence-corrected chi connectivity index (χ3v) is 8.91. The third-order valence-electron chi connectivity index (χ3n) is 7.92. The van der Waals surface area contributed by atoms with Gasteiger partial charge in [0.15, 0.2) is 6.10 Å². The summed E-state index contributed by atoms with van der Waals surface area (Å²) in [5.41, 5.74) is 0. The van der Waals surface area contributed by atoms with E-state index in [-0.39, 0.29) is 25.8 Å². The van der Waals surface area contributed by atoms with Crippen molar-refractivity contribution in [3.63, 3.8) is 0 Å². The van der Waals surface area contributed by atoms with Crippen molar-refractivity contribution in [2.75, 3.05) is 47.5 Å². The monoisotopic (exact) mass is 663 g/mol. The molecule has 0 fully saturated rings. The van der Waals surface area contributed by atoms with E-state index in [0.29, 0.717) is 17.4 Å². The summed E-state index contributed by atoms with van der Waals surface area (Å²) in [5, 5.41) is 0. The van der Waals surface area contributed by atoms with Gasteiger partial charge in [-0.25, -0.2) is 4.57 Å². The molecule has 1 unspecified atom stereocenters. The van der Waals surface area contributed by atoms with Gasteiger partial charge in [0.25, 0.3) is 0 Å². The summed E-state index contributed by atoms with van der Waals surface area (Å²) in [4.78, 5) is 22.6. The number of rotatable bonds is 34. The molecule has 45 heavy (non-hydrogen) atoms. The van der Waals surface area contributed by atoms with Crippen LogP contribution in [-0.4, -0.2) is 69.0 Å². The second-order valence-electron chi connectivity index (χ2n) is 13.7. The molecule has 0 rings (SSSR count). The van der Waals surface area contributed by atoms with Crippen molar-refractivity contribution in [3.8, 4) is 0 Å². The zero-order valence-electron chi connectivity index (χ0n) is 30.1. The van der Waals surface area contributed by atoms with Crippen LogP contribution < -0.4 is 0 Å². The molecular formula is C36H73NO7P+. The van der Waals surface area contributed by atoms with E-state index < -0.39 is 13.9 Å². The maximum absolute atomic E-state index is 12.5. The molecule has 0 aliphatic carbocycles. The Balaban J connectivity index is 4.34. The van der Waals surface area contributed by atoms with Crippen LogP contribution in [0.25, 0.3) is 0 Å². The highest BCUT2D eigenvalue weighted by molar-refractivity contribution is 7.47. The number of phosphoric ester groups is 1. The zero-order valence-corrected chi connectivity index (χ0v) is 31.0. The number of quaternary nitrogens is 1. The van der Waals surface area contributed by atoms with Crippen molar-refractivity contribution < 1.29 is 37.3 Å². The maximum atomic E-state index is 12.5. The summed E-state index contributed by atoms with van der Waals surface area (Å²) >= 11 is 0. The molecule has 8 nitrogen and oxygen atoms in total. The lowest BCUT2D eigenvalue weighted by Gasteiger charge is -2.24. The Kier molecular flexibility index (Phi) is 29.8. The summed E-state index contributed by atoms with van der Waals surface area (Å²) in [6.45, 7) is 4.91.